The van der Waals surface area contributed by atoms with Crippen molar-refractivity contribution in [3.8, 4) is 0 Å². The molecule has 0 bridgehead atoms. The predicted octanol–water partition coefficient (Wildman–Crippen LogP) is 2.26. The summed E-state index contributed by atoms with van der Waals surface area (Å²) in [5.74, 6) is 0. The van der Waals surface area contributed by atoms with Gasteiger partial charge in [0.15, 0.2) is 0 Å². The van der Waals surface area contributed by atoms with Crippen LogP contribution in [0.2, 0.25) is 0 Å². The Morgan fingerprint density at radius 1 is 1.00 bits per heavy atom. The third-order valence-electron chi connectivity index (χ3n) is 3.51. The molecule has 0 aromatic heterocycles. The Bertz CT molecular complexity index is 169. The fraction of sp³-hybridized carbons (Fsp3) is 0.800. The Morgan fingerprint density at radius 2 is 1.45 bits per heavy atom. The normalized spacial score (nSPS) is 31.7. The predicted molar refractivity (Wildman–Crippen MR) is 45.3 cm³/mol. The van der Waals surface area contributed by atoms with E-state index >= 15 is 0 Å². The summed E-state index contributed by atoms with van der Waals surface area (Å²) in [6.07, 6.45) is 8.85. The smallest absolute Gasteiger partial charge is 0.0825 e. The van der Waals surface area contributed by atoms with Crippen molar-refractivity contribution in [2.45, 2.75) is 44.1 Å². The lowest BCUT2D eigenvalue weighted by molar-refractivity contribution is 0.0304. The van der Waals surface area contributed by atoms with E-state index in [9.17, 15) is 5.11 Å². The highest BCUT2D eigenvalue weighted by atomic mass is 16.3. The molecule has 1 spiro atoms. The summed E-state index contributed by atoms with van der Waals surface area (Å²) in [6, 6.07) is 0. The highest BCUT2D eigenvalue weighted by Crippen LogP contribution is 2.57. The largest absolute Gasteiger partial charge is 0.386 e. The first-order chi connectivity index (χ1) is 5.18. The van der Waals surface area contributed by atoms with Gasteiger partial charge in [-0.05, 0) is 43.9 Å². The van der Waals surface area contributed by atoms with E-state index in [-0.39, 0.29) is 0 Å². The van der Waals surface area contributed by atoms with Gasteiger partial charge in [-0.3, -0.25) is 0 Å². The molecule has 0 atom stereocenters. The molecular formula is C10H16O. The van der Waals surface area contributed by atoms with Gasteiger partial charge >= 0.3 is 0 Å². The van der Waals surface area contributed by atoms with Crippen molar-refractivity contribution in [3.63, 3.8) is 0 Å². The van der Waals surface area contributed by atoms with Crippen LogP contribution in [-0.2, 0) is 0 Å². The van der Waals surface area contributed by atoms with Crippen molar-refractivity contribution in [1.82, 2.24) is 0 Å². The Morgan fingerprint density at radius 3 is 1.82 bits per heavy atom. The lowest BCUT2D eigenvalue weighted by atomic mass is 9.77. The molecule has 0 aromatic carbocycles. The summed E-state index contributed by atoms with van der Waals surface area (Å²) in [7, 11) is 0. The van der Waals surface area contributed by atoms with Crippen LogP contribution in [0.4, 0.5) is 0 Å². The molecule has 62 valence electrons. The molecule has 0 amide bonds. The second kappa shape index (κ2) is 2.10. The topological polar surface area (TPSA) is 20.2 Å². The van der Waals surface area contributed by atoms with Gasteiger partial charge in [-0.15, -0.1) is 6.58 Å². The van der Waals surface area contributed by atoms with E-state index in [1.807, 2.05) is 0 Å². The van der Waals surface area contributed by atoms with E-state index in [0.29, 0.717) is 5.41 Å². The van der Waals surface area contributed by atoms with Crippen molar-refractivity contribution in [1.29, 1.82) is 0 Å². The highest BCUT2D eigenvalue weighted by Gasteiger charge is 2.47. The summed E-state index contributed by atoms with van der Waals surface area (Å²) in [5.41, 5.74) is 0.156. The fourth-order valence-electron chi connectivity index (χ4n) is 2.09. The van der Waals surface area contributed by atoms with Crippen LogP contribution < -0.4 is 0 Å². The van der Waals surface area contributed by atoms with E-state index in [4.69, 9.17) is 0 Å². The minimum Gasteiger partial charge on any atom is -0.386 e. The highest BCUT2D eigenvalue weighted by molar-refractivity contribution is 5.06. The Balaban J connectivity index is 1.98. The lowest BCUT2D eigenvalue weighted by Gasteiger charge is -2.33. The standard InChI is InChI=1S/C10H16O/c1-2-10(11)7-5-9(3-4-9)6-8-10/h2,11H,1,3-8H2. The number of hydrogen-bond acceptors (Lipinski definition) is 1. The van der Waals surface area contributed by atoms with E-state index in [1.54, 1.807) is 6.08 Å². The van der Waals surface area contributed by atoms with E-state index in [2.05, 4.69) is 6.58 Å². The van der Waals surface area contributed by atoms with Crippen LogP contribution in [0, 0.1) is 5.41 Å². The lowest BCUT2D eigenvalue weighted by Crippen LogP contribution is -2.32. The molecule has 2 saturated carbocycles. The van der Waals surface area contributed by atoms with Gasteiger partial charge in [-0.1, -0.05) is 6.08 Å². The summed E-state index contributed by atoms with van der Waals surface area (Å²) in [5, 5.41) is 9.82. The quantitative estimate of drug-likeness (QED) is 0.571. The third-order valence-corrected chi connectivity index (χ3v) is 3.51. The van der Waals surface area contributed by atoms with Gasteiger partial charge in [0.1, 0.15) is 0 Å². The SMILES string of the molecule is C=CC1(O)CCC2(CC1)CC2. The first-order valence-electron chi connectivity index (χ1n) is 4.54. The number of aliphatic hydroxyl groups is 1. The van der Waals surface area contributed by atoms with E-state index in [0.717, 1.165) is 12.8 Å². The molecule has 2 aliphatic carbocycles. The molecule has 0 unspecified atom stereocenters. The minimum atomic E-state index is -0.520. The fourth-order valence-corrected chi connectivity index (χ4v) is 2.09. The average Bonchev–Trinajstić information content (AvgIpc) is 2.78. The Labute approximate surface area is 68.1 Å². The second-order valence-electron chi connectivity index (χ2n) is 4.31. The zero-order valence-electron chi connectivity index (χ0n) is 6.97. The van der Waals surface area contributed by atoms with Crippen molar-refractivity contribution in [3.05, 3.63) is 12.7 Å². The molecule has 2 aliphatic rings. The van der Waals surface area contributed by atoms with Crippen LogP contribution in [0.1, 0.15) is 38.5 Å². The van der Waals surface area contributed by atoms with Crippen molar-refractivity contribution in [2.75, 3.05) is 0 Å². The van der Waals surface area contributed by atoms with Crippen molar-refractivity contribution in [2.24, 2.45) is 5.41 Å². The average molecular weight is 152 g/mol. The molecule has 11 heavy (non-hydrogen) atoms. The molecule has 0 saturated heterocycles. The zero-order valence-corrected chi connectivity index (χ0v) is 6.97. The Kier molecular flexibility index (Phi) is 1.40. The van der Waals surface area contributed by atoms with Gasteiger partial charge in [-0.2, -0.15) is 0 Å². The maximum absolute atomic E-state index is 9.82. The van der Waals surface area contributed by atoms with Gasteiger partial charge in [-0.25, -0.2) is 0 Å². The van der Waals surface area contributed by atoms with Gasteiger partial charge in [0, 0.05) is 0 Å². The number of hydrogen-bond donors (Lipinski definition) is 1. The van der Waals surface area contributed by atoms with Crippen LogP contribution in [0.25, 0.3) is 0 Å². The molecule has 1 nitrogen and oxygen atoms in total. The maximum atomic E-state index is 9.82. The summed E-state index contributed by atoms with van der Waals surface area (Å²) in [4.78, 5) is 0. The molecule has 1 heteroatoms. The van der Waals surface area contributed by atoms with Gasteiger partial charge < -0.3 is 5.11 Å². The van der Waals surface area contributed by atoms with Crippen LogP contribution in [-0.4, -0.2) is 10.7 Å². The van der Waals surface area contributed by atoms with Crippen LogP contribution in [0.5, 0.6) is 0 Å². The zero-order chi connectivity index (χ0) is 7.95. The summed E-state index contributed by atoms with van der Waals surface area (Å²) in [6.45, 7) is 3.67. The molecular weight excluding hydrogens is 136 g/mol. The summed E-state index contributed by atoms with van der Waals surface area (Å²) < 4.78 is 0. The van der Waals surface area contributed by atoms with Crippen LogP contribution >= 0.6 is 0 Å². The van der Waals surface area contributed by atoms with Gasteiger partial charge in [0.05, 0.1) is 5.60 Å². The first-order valence-corrected chi connectivity index (χ1v) is 4.54. The van der Waals surface area contributed by atoms with Gasteiger partial charge in [0.2, 0.25) is 0 Å². The van der Waals surface area contributed by atoms with Gasteiger partial charge in [0.25, 0.3) is 0 Å². The molecule has 1 N–H and O–H groups in total. The van der Waals surface area contributed by atoms with Crippen molar-refractivity contribution >= 4 is 0 Å². The van der Waals surface area contributed by atoms with Crippen LogP contribution in [0.15, 0.2) is 12.7 Å². The molecule has 0 heterocycles. The maximum Gasteiger partial charge on any atom is 0.0825 e. The molecule has 0 radical (unpaired) electrons. The third kappa shape index (κ3) is 1.22. The summed E-state index contributed by atoms with van der Waals surface area (Å²) >= 11 is 0. The second-order valence-corrected chi connectivity index (χ2v) is 4.31. The first kappa shape index (κ1) is 7.35. The van der Waals surface area contributed by atoms with Crippen molar-refractivity contribution < 1.29 is 5.11 Å². The van der Waals surface area contributed by atoms with Crippen LogP contribution in [0.3, 0.4) is 0 Å². The molecule has 0 aliphatic heterocycles. The van der Waals surface area contributed by atoms with E-state index in [1.165, 1.54) is 25.7 Å². The number of rotatable bonds is 1. The minimum absolute atomic E-state index is 0.520. The monoisotopic (exact) mass is 152 g/mol. The molecule has 0 aromatic rings. The molecule has 2 fully saturated rings. The Hall–Kier alpha value is -0.300. The van der Waals surface area contributed by atoms with E-state index < -0.39 is 5.60 Å². The molecule has 2 rings (SSSR count).